The van der Waals surface area contributed by atoms with Crippen LogP contribution in [0.4, 0.5) is 0 Å². The van der Waals surface area contributed by atoms with Gasteiger partial charge in [0.1, 0.15) is 17.3 Å². The smallest absolute Gasteiger partial charge is 0.316 e. The minimum Gasteiger partial charge on any atom is -0.459 e. The molecule has 0 amide bonds. The Morgan fingerprint density at radius 2 is 2.06 bits per heavy atom. The molecule has 1 heterocycles. The predicted molar refractivity (Wildman–Crippen MR) is 63.6 cm³/mol. The highest BCUT2D eigenvalue weighted by atomic mass is 16.6. The molecule has 4 heteroatoms. The first-order valence-corrected chi connectivity index (χ1v) is 6.13. The predicted octanol–water partition coefficient (Wildman–Crippen LogP) is 1.96. The fraction of sp³-hybridized carbons (Fsp3) is 0.846. The highest BCUT2D eigenvalue weighted by molar-refractivity contribution is 5.98. The van der Waals surface area contributed by atoms with Crippen molar-refractivity contribution in [1.82, 2.24) is 0 Å². The molecule has 0 aromatic carbocycles. The number of hydrogen-bond donors (Lipinski definition) is 0. The van der Waals surface area contributed by atoms with Gasteiger partial charge in [-0.3, -0.25) is 9.59 Å². The van der Waals surface area contributed by atoms with Crippen molar-refractivity contribution in [2.45, 2.75) is 46.1 Å². The summed E-state index contributed by atoms with van der Waals surface area (Å²) in [6.07, 6.45) is 1.33. The third-order valence-electron chi connectivity index (χ3n) is 2.76. The fourth-order valence-electron chi connectivity index (χ4n) is 1.73. The number of ketones is 1. The van der Waals surface area contributed by atoms with Crippen molar-refractivity contribution in [3.05, 3.63) is 0 Å². The second kappa shape index (κ2) is 5.63. The molecule has 0 saturated carbocycles. The number of Topliss-reactive ketones (excluding diaryl/α,β-unsaturated/α-hetero) is 1. The molecule has 4 nitrogen and oxygen atoms in total. The lowest BCUT2D eigenvalue weighted by atomic mass is 9.95. The lowest BCUT2D eigenvalue weighted by Gasteiger charge is -2.22. The van der Waals surface area contributed by atoms with E-state index in [1.165, 1.54) is 0 Å². The van der Waals surface area contributed by atoms with Crippen molar-refractivity contribution in [3.63, 3.8) is 0 Å². The summed E-state index contributed by atoms with van der Waals surface area (Å²) in [6, 6.07) is 0. The van der Waals surface area contributed by atoms with Gasteiger partial charge in [-0.25, -0.2) is 0 Å². The second-order valence-electron chi connectivity index (χ2n) is 5.66. The Labute approximate surface area is 103 Å². The fourth-order valence-corrected chi connectivity index (χ4v) is 1.73. The van der Waals surface area contributed by atoms with E-state index in [9.17, 15) is 9.59 Å². The summed E-state index contributed by atoms with van der Waals surface area (Å²) in [7, 11) is 0. The molecule has 17 heavy (non-hydrogen) atoms. The number of esters is 1. The highest BCUT2D eigenvalue weighted by Crippen LogP contribution is 2.20. The SMILES string of the molecule is CC(C(=O)CC1CCOC1)C(=O)OC(C)(C)C. The average Bonchev–Trinajstić information content (AvgIpc) is 2.66. The average molecular weight is 242 g/mol. The summed E-state index contributed by atoms with van der Waals surface area (Å²) >= 11 is 0. The van der Waals surface area contributed by atoms with Crippen LogP contribution in [0.2, 0.25) is 0 Å². The van der Waals surface area contributed by atoms with E-state index in [1.807, 2.05) is 0 Å². The van der Waals surface area contributed by atoms with E-state index in [2.05, 4.69) is 0 Å². The van der Waals surface area contributed by atoms with Gasteiger partial charge in [-0.1, -0.05) is 0 Å². The third-order valence-corrected chi connectivity index (χ3v) is 2.76. The maximum atomic E-state index is 11.9. The van der Waals surface area contributed by atoms with Gasteiger partial charge < -0.3 is 9.47 Å². The van der Waals surface area contributed by atoms with Crippen LogP contribution in [0.5, 0.6) is 0 Å². The van der Waals surface area contributed by atoms with E-state index in [1.54, 1.807) is 27.7 Å². The first-order chi connectivity index (χ1) is 7.79. The zero-order chi connectivity index (χ0) is 13.1. The lowest BCUT2D eigenvalue weighted by Crippen LogP contribution is -2.32. The standard InChI is InChI=1S/C13H22O4/c1-9(12(15)17-13(2,3)4)11(14)7-10-5-6-16-8-10/h9-10H,5-8H2,1-4H3. The Kier molecular flexibility index (Phi) is 4.69. The topological polar surface area (TPSA) is 52.6 Å². The molecule has 0 N–H and O–H groups in total. The molecule has 0 bridgehead atoms. The summed E-state index contributed by atoms with van der Waals surface area (Å²) < 4.78 is 10.4. The van der Waals surface area contributed by atoms with Crippen LogP contribution in [0.1, 0.15) is 40.5 Å². The van der Waals surface area contributed by atoms with Gasteiger partial charge in [0.05, 0.1) is 0 Å². The van der Waals surface area contributed by atoms with Crippen molar-refractivity contribution >= 4 is 11.8 Å². The molecule has 1 aliphatic heterocycles. The first kappa shape index (κ1) is 14.2. The number of hydrogen-bond acceptors (Lipinski definition) is 4. The molecule has 0 radical (unpaired) electrons. The summed E-state index contributed by atoms with van der Waals surface area (Å²) in [6.45, 7) is 8.37. The number of carbonyl (C=O) groups excluding carboxylic acids is 2. The summed E-state index contributed by atoms with van der Waals surface area (Å²) in [4.78, 5) is 23.6. The molecule has 0 spiro atoms. The van der Waals surface area contributed by atoms with Crippen molar-refractivity contribution in [2.75, 3.05) is 13.2 Å². The zero-order valence-electron chi connectivity index (χ0n) is 11.1. The van der Waals surface area contributed by atoms with Gasteiger partial charge >= 0.3 is 5.97 Å². The van der Waals surface area contributed by atoms with Crippen LogP contribution in [0, 0.1) is 11.8 Å². The van der Waals surface area contributed by atoms with E-state index in [0.29, 0.717) is 13.0 Å². The van der Waals surface area contributed by atoms with Crippen molar-refractivity contribution in [1.29, 1.82) is 0 Å². The molecule has 2 unspecified atom stereocenters. The minimum atomic E-state index is -0.671. The second-order valence-corrected chi connectivity index (χ2v) is 5.66. The number of carbonyl (C=O) groups is 2. The largest absolute Gasteiger partial charge is 0.459 e. The lowest BCUT2D eigenvalue weighted by molar-refractivity contribution is -0.161. The van der Waals surface area contributed by atoms with Gasteiger partial charge in [0.2, 0.25) is 0 Å². The normalized spacial score (nSPS) is 22.2. The summed E-state index contributed by atoms with van der Waals surface area (Å²) in [5.74, 6) is -0.877. The molecule has 2 atom stereocenters. The maximum absolute atomic E-state index is 11.9. The summed E-state index contributed by atoms with van der Waals surface area (Å²) in [5.41, 5.74) is -0.540. The van der Waals surface area contributed by atoms with Crippen LogP contribution < -0.4 is 0 Å². The van der Waals surface area contributed by atoms with Crippen molar-refractivity contribution in [2.24, 2.45) is 11.8 Å². The van der Waals surface area contributed by atoms with E-state index in [4.69, 9.17) is 9.47 Å². The van der Waals surface area contributed by atoms with E-state index >= 15 is 0 Å². The minimum absolute atomic E-state index is 0.0465. The quantitative estimate of drug-likeness (QED) is 0.558. The maximum Gasteiger partial charge on any atom is 0.316 e. The van der Waals surface area contributed by atoms with Crippen LogP contribution in [0.15, 0.2) is 0 Å². The summed E-state index contributed by atoms with van der Waals surface area (Å²) in [5, 5.41) is 0. The molecule has 1 rings (SSSR count). The Hall–Kier alpha value is -0.900. The molecular formula is C13H22O4. The van der Waals surface area contributed by atoms with Gasteiger partial charge in [0, 0.05) is 19.6 Å². The first-order valence-electron chi connectivity index (χ1n) is 6.13. The molecule has 0 aliphatic carbocycles. The number of ether oxygens (including phenoxy) is 2. The van der Waals surface area contributed by atoms with E-state index in [-0.39, 0.29) is 11.7 Å². The van der Waals surface area contributed by atoms with Gasteiger partial charge in [0.15, 0.2) is 0 Å². The van der Waals surface area contributed by atoms with E-state index in [0.717, 1.165) is 13.0 Å². The molecule has 98 valence electrons. The van der Waals surface area contributed by atoms with Crippen LogP contribution >= 0.6 is 0 Å². The molecular weight excluding hydrogens is 220 g/mol. The molecule has 1 aliphatic rings. The third kappa shape index (κ3) is 4.86. The Morgan fingerprint density at radius 3 is 2.53 bits per heavy atom. The van der Waals surface area contributed by atoms with Crippen LogP contribution in [0.25, 0.3) is 0 Å². The monoisotopic (exact) mass is 242 g/mol. The van der Waals surface area contributed by atoms with Gasteiger partial charge in [0.25, 0.3) is 0 Å². The Bertz CT molecular complexity index is 284. The van der Waals surface area contributed by atoms with Crippen LogP contribution in [0.3, 0.4) is 0 Å². The van der Waals surface area contributed by atoms with Crippen molar-refractivity contribution < 1.29 is 19.1 Å². The Balaban J connectivity index is 2.42. The van der Waals surface area contributed by atoms with Crippen LogP contribution in [-0.4, -0.2) is 30.6 Å². The van der Waals surface area contributed by atoms with Gasteiger partial charge in [-0.05, 0) is 40.0 Å². The molecule has 1 saturated heterocycles. The van der Waals surface area contributed by atoms with Crippen molar-refractivity contribution in [3.8, 4) is 0 Å². The van der Waals surface area contributed by atoms with Crippen LogP contribution in [-0.2, 0) is 19.1 Å². The van der Waals surface area contributed by atoms with Gasteiger partial charge in [-0.2, -0.15) is 0 Å². The number of rotatable bonds is 4. The highest BCUT2D eigenvalue weighted by Gasteiger charge is 2.29. The molecule has 1 fully saturated rings. The molecule has 0 aromatic rings. The zero-order valence-corrected chi connectivity index (χ0v) is 11.1. The molecule has 0 aromatic heterocycles. The Morgan fingerprint density at radius 1 is 1.41 bits per heavy atom. The van der Waals surface area contributed by atoms with E-state index < -0.39 is 17.5 Å². The van der Waals surface area contributed by atoms with Gasteiger partial charge in [-0.15, -0.1) is 0 Å².